The number of benzene rings is 1. The van der Waals surface area contributed by atoms with E-state index in [2.05, 4.69) is 14.9 Å². The zero-order valence-corrected chi connectivity index (χ0v) is 11.7. The molecule has 2 N–H and O–H groups in total. The first-order chi connectivity index (χ1) is 8.83. The van der Waals surface area contributed by atoms with E-state index < -0.39 is 20.7 Å². The molecule has 8 heteroatoms. The standard InChI is InChI=1S/C11H11ClFN3O2S/c1-6-7(2)14-15-11(6)16-19(17,18)9-5-3-4-8(12)10(9)13/h3-5H,1-2H3,(H2,14,15,16). The lowest BCUT2D eigenvalue weighted by molar-refractivity contribution is 0.570. The molecule has 0 aliphatic rings. The Morgan fingerprint density at radius 3 is 2.63 bits per heavy atom. The third-order valence-electron chi connectivity index (χ3n) is 2.69. The Labute approximate surface area is 114 Å². The number of aromatic nitrogens is 2. The number of halogens is 2. The van der Waals surface area contributed by atoms with Crippen LogP contribution in [0.4, 0.5) is 10.2 Å². The topological polar surface area (TPSA) is 74.8 Å². The molecule has 1 heterocycles. The van der Waals surface area contributed by atoms with Gasteiger partial charge in [0.2, 0.25) is 0 Å². The summed E-state index contributed by atoms with van der Waals surface area (Å²) in [6.45, 7) is 3.45. The highest BCUT2D eigenvalue weighted by Gasteiger charge is 2.22. The van der Waals surface area contributed by atoms with Crippen molar-refractivity contribution in [3.05, 3.63) is 40.3 Å². The van der Waals surface area contributed by atoms with Gasteiger partial charge < -0.3 is 0 Å². The summed E-state index contributed by atoms with van der Waals surface area (Å²) in [7, 11) is -4.07. The van der Waals surface area contributed by atoms with Gasteiger partial charge in [-0.25, -0.2) is 12.8 Å². The number of sulfonamides is 1. The summed E-state index contributed by atoms with van der Waals surface area (Å²) in [6, 6.07) is 3.78. The van der Waals surface area contributed by atoms with Crippen molar-refractivity contribution in [3.8, 4) is 0 Å². The van der Waals surface area contributed by atoms with E-state index in [4.69, 9.17) is 11.6 Å². The van der Waals surface area contributed by atoms with E-state index in [0.29, 0.717) is 5.56 Å². The third kappa shape index (κ3) is 2.57. The summed E-state index contributed by atoms with van der Waals surface area (Å²) in [6.07, 6.45) is 0. The molecule has 0 atom stereocenters. The normalized spacial score (nSPS) is 11.6. The van der Waals surface area contributed by atoms with Gasteiger partial charge in [-0.3, -0.25) is 9.82 Å². The van der Waals surface area contributed by atoms with E-state index in [-0.39, 0.29) is 10.8 Å². The molecule has 0 saturated heterocycles. The van der Waals surface area contributed by atoms with Gasteiger partial charge in [-0.2, -0.15) is 5.10 Å². The fraction of sp³-hybridized carbons (Fsp3) is 0.182. The van der Waals surface area contributed by atoms with E-state index in [1.165, 1.54) is 12.1 Å². The zero-order chi connectivity index (χ0) is 14.2. The molecule has 0 radical (unpaired) electrons. The monoisotopic (exact) mass is 303 g/mol. The third-order valence-corrected chi connectivity index (χ3v) is 4.34. The van der Waals surface area contributed by atoms with Crippen molar-refractivity contribution in [1.29, 1.82) is 0 Å². The number of anilines is 1. The minimum absolute atomic E-state index is 0.136. The minimum Gasteiger partial charge on any atom is -0.280 e. The van der Waals surface area contributed by atoms with Crippen LogP contribution < -0.4 is 4.72 Å². The second kappa shape index (κ2) is 4.82. The van der Waals surface area contributed by atoms with E-state index >= 15 is 0 Å². The molecule has 0 aliphatic carbocycles. The Morgan fingerprint density at radius 1 is 1.37 bits per heavy atom. The Hall–Kier alpha value is -1.60. The van der Waals surface area contributed by atoms with Crippen LogP contribution in [-0.2, 0) is 10.0 Å². The maximum Gasteiger partial charge on any atom is 0.266 e. The molecule has 102 valence electrons. The molecule has 0 amide bonds. The quantitative estimate of drug-likeness (QED) is 0.915. The molecule has 1 aromatic heterocycles. The van der Waals surface area contributed by atoms with Crippen LogP contribution in [0.25, 0.3) is 0 Å². The highest BCUT2D eigenvalue weighted by atomic mass is 35.5. The summed E-state index contributed by atoms with van der Waals surface area (Å²) in [5.74, 6) is -0.849. The van der Waals surface area contributed by atoms with Crippen LogP contribution in [0.1, 0.15) is 11.3 Å². The largest absolute Gasteiger partial charge is 0.280 e. The van der Waals surface area contributed by atoms with Crippen molar-refractivity contribution < 1.29 is 12.8 Å². The average Bonchev–Trinajstić information content (AvgIpc) is 2.64. The predicted molar refractivity (Wildman–Crippen MR) is 70.3 cm³/mol. The van der Waals surface area contributed by atoms with Crippen molar-refractivity contribution >= 4 is 27.4 Å². The number of nitrogens with zero attached hydrogens (tertiary/aromatic N) is 1. The second-order valence-electron chi connectivity index (χ2n) is 3.98. The van der Waals surface area contributed by atoms with E-state index in [9.17, 15) is 12.8 Å². The van der Waals surface area contributed by atoms with Gasteiger partial charge in [0.1, 0.15) is 4.90 Å². The Balaban J connectivity index is 2.44. The Bertz CT molecular complexity index is 728. The molecular weight excluding hydrogens is 293 g/mol. The molecule has 1 aromatic carbocycles. The van der Waals surface area contributed by atoms with Gasteiger partial charge in [0.15, 0.2) is 11.6 Å². The number of aromatic amines is 1. The van der Waals surface area contributed by atoms with Crippen LogP contribution >= 0.6 is 11.6 Å². The van der Waals surface area contributed by atoms with Gasteiger partial charge in [0, 0.05) is 11.3 Å². The van der Waals surface area contributed by atoms with Gasteiger partial charge >= 0.3 is 0 Å². The highest BCUT2D eigenvalue weighted by Crippen LogP contribution is 2.24. The molecule has 2 aromatic rings. The number of rotatable bonds is 3. The van der Waals surface area contributed by atoms with Gasteiger partial charge in [-0.05, 0) is 26.0 Å². The van der Waals surface area contributed by atoms with E-state index in [1.54, 1.807) is 13.8 Å². The number of hydrogen-bond donors (Lipinski definition) is 2. The fourth-order valence-corrected chi connectivity index (χ4v) is 2.86. The van der Waals surface area contributed by atoms with Crippen molar-refractivity contribution in [3.63, 3.8) is 0 Å². The molecule has 19 heavy (non-hydrogen) atoms. The van der Waals surface area contributed by atoms with Gasteiger partial charge in [-0.1, -0.05) is 17.7 Å². The Morgan fingerprint density at radius 2 is 2.05 bits per heavy atom. The molecule has 0 fully saturated rings. The summed E-state index contributed by atoms with van der Waals surface area (Å²) in [5.41, 5.74) is 1.37. The fourth-order valence-electron chi connectivity index (χ4n) is 1.46. The molecule has 0 bridgehead atoms. The molecule has 2 rings (SSSR count). The second-order valence-corrected chi connectivity index (χ2v) is 6.04. The molecule has 0 unspecified atom stereocenters. The lowest BCUT2D eigenvalue weighted by Crippen LogP contribution is -2.15. The Kier molecular flexibility index (Phi) is 3.51. The molecule has 0 spiro atoms. The first-order valence-corrected chi connectivity index (χ1v) is 7.17. The van der Waals surface area contributed by atoms with Gasteiger partial charge in [-0.15, -0.1) is 0 Å². The lowest BCUT2D eigenvalue weighted by Gasteiger charge is -2.08. The average molecular weight is 304 g/mol. The number of aryl methyl sites for hydroxylation is 1. The maximum absolute atomic E-state index is 13.7. The van der Waals surface area contributed by atoms with Crippen LogP contribution in [0.15, 0.2) is 23.1 Å². The summed E-state index contributed by atoms with van der Waals surface area (Å²) >= 11 is 5.57. The first kappa shape index (κ1) is 13.8. The minimum atomic E-state index is -4.07. The van der Waals surface area contributed by atoms with Crippen LogP contribution in [0.2, 0.25) is 5.02 Å². The summed E-state index contributed by atoms with van der Waals surface area (Å²) in [5, 5.41) is 6.20. The van der Waals surface area contributed by atoms with E-state index in [0.717, 1.165) is 11.8 Å². The number of H-pyrrole nitrogens is 1. The smallest absolute Gasteiger partial charge is 0.266 e. The number of nitrogens with one attached hydrogen (secondary N) is 2. The van der Waals surface area contributed by atoms with Crippen molar-refractivity contribution in [2.75, 3.05) is 4.72 Å². The first-order valence-electron chi connectivity index (χ1n) is 5.31. The van der Waals surface area contributed by atoms with Gasteiger partial charge in [0.05, 0.1) is 5.02 Å². The summed E-state index contributed by atoms with van der Waals surface area (Å²) < 4.78 is 40.1. The number of hydrogen-bond acceptors (Lipinski definition) is 3. The lowest BCUT2D eigenvalue weighted by atomic mass is 10.3. The zero-order valence-electron chi connectivity index (χ0n) is 10.2. The molecule has 0 saturated carbocycles. The van der Waals surface area contributed by atoms with Crippen LogP contribution in [-0.4, -0.2) is 18.6 Å². The van der Waals surface area contributed by atoms with Crippen LogP contribution in [0, 0.1) is 19.7 Å². The highest BCUT2D eigenvalue weighted by molar-refractivity contribution is 7.92. The van der Waals surface area contributed by atoms with Crippen molar-refractivity contribution in [2.24, 2.45) is 0 Å². The van der Waals surface area contributed by atoms with Crippen LogP contribution in [0.5, 0.6) is 0 Å². The van der Waals surface area contributed by atoms with E-state index in [1.807, 2.05) is 0 Å². The molecular formula is C11H11ClFN3O2S. The van der Waals surface area contributed by atoms with Crippen molar-refractivity contribution in [2.45, 2.75) is 18.7 Å². The molecule has 0 aliphatic heterocycles. The SMILES string of the molecule is Cc1[nH]nc(NS(=O)(=O)c2cccc(Cl)c2F)c1C. The summed E-state index contributed by atoms with van der Waals surface area (Å²) in [4.78, 5) is -0.514. The van der Waals surface area contributed by atoms with Crippen molar-refractivity contribution in [1.82, 2.24) is 10.2 Å². The molecule has 5 nitrogen and oxygen atoms in total. The van der Waals surface area contributed by atoms with Crippen LogP contribution in [0.3, 0.4) is 0 Å². The van der Waals surface area contributed by atoms with Gasteiger partial charge in [0.25, 0.3) is 10.0 Å². The maximum atomic E-state index is 13.7. The predicted octanol–water partition coefficient (Wildman–Crippen LogP) is 2.62.